The molecule has 6 heteroatoms. The van der Waals surface area contributed by atoms with Crippen molar-refractivity contribution in [3.63, 3.8) is 0 Å². The van der Waals surface area contributed by atoms with Gasteiger partial charge in [-0.05, 0) is 19.1 Å². The van der Waals surface area contributed by atoms with E-state index in [2.05, 4.69) is 4.74 Å². The van der Waals surface area contributed by atoms with Gasteiger partial charge in [0.2, 0.25) is 0 Å². The highest BCUT2D eigenvalue weighted by Crippen LogP contribution is 2.30. The largest absolute Gasteiger partial charge is 0.449 e. The number of hydrogen-bond donors (Lipinski definition) is 0. The summed E-state index contributed by atoms with van der Waals surface area (Å²) in [5.41, 5.74) is 0.813. The molecule has 0 aliphatic rings. The van der Waals surface area contributed by atoms with Crippen LogP contribution >= 0.6 is 0 Å². The number of hydrogen-bond acceptors (Lipinski definition) is 1. The maximum atomic E-state index is 12.6. The molecule has 16 heavy (non-hydrogen) atoms. The number of alkyl halides is 3. The predicted molar refractivity (Wildman–Crippen MR) is 47.1 cm³/mol. The third kappa shape index (κ3) is 3.22. The van der Waals surface area contributed by atoms with Crippen molar-refractivity contribution >= 4 is 0 Å². The molecule has 0 aliphatic heterocycles. The van der Waals surface area contributed by atoms with Gasteiger partial charge in [-0.25, -0.2) is 0 Å². The summed E-state index contributed by atoms with van der Waals surface area (Å²) in [6.45, 7) is 1.73. The molecule has 0 bridgehead atoms. The van der Waals surface area contributed by atoms with Gasteiger partial charge >= 0.3 is 12.2 Å². The number of benzene rings is 1. The molecule has 0 amide bonds. The summed E-state index contributed by atoms with van der Waals surface area (Å²) in [6.07, 6.45) is -5.38. The van der Waals surface area contributed by atoms with Crippen molar-refractivity contribution in [1.29, 1.82) is 0 Å². The molecule has 0 aliphatic carbocycles. The maximum absolute atomic E-state index is 12.6. The Balaban J connectivity index is 2.86. The van der Waals surface area contributed by atoms with Crippen LogP contribution in [0.15, 0.2) is 36.1 Å². The summed E-state index contributed by atoms with van der Waals surface area (Å²) < 4.78 is 64.2. The molecular formula is C10H7F5O. The second-order valence-electron chi connectivity index (χ2n) is 3.00. The van der Waals surface area contributed by atoms with Crippen molar-refractivity contribution in [3.05, 3.63) is 41.7 Å². The van der Waals surface area contributed by atoms with E-state index < -0.39 is 18.0 Å². The molecule has 0 unspecified atom stereocenters. The first kappa shape index (κ1) is 12.5. The molecular weight excluding hydrogens is 231 g/mol. The highest BCUT2D eigenvalue weighted by atomic mass is 19.4. The van der Waals surface area contributed by atoms with Crippen LogP contribution < -0.4 is 4.74 Å². The SMILES string of the molecule is Cc1ccc(O/C(F)=C(\F)C(F)(F)F)cc1. The number of ether oxygens (including phenoxy) is 1. The average molecular weight is 238 g/mol. The molecule has 0 saturated heterocycles. The monoisotopic (exact) mass is 238 g/mol. The predicted octanol–water partition coefficient (Wildman–Crippen LogP) is 4.04. The molecule has 0 radical (unpaired) electrons. The molecule has 1 aromatic rings. The zero-order chi connectivity index (χ0) is 12.3. The van der Waals surface area contributed by atoms with E-state index in [1.165, 1.54) is 24.3 Å². The number of allylic oxidation sites excluding steroid dienone is 1. The van der Waals surface area contributed by atoms with Crippen LogP contribution in [0.5, 0.6) is 5.75 Å². The van der Waals surface area contributed by atoms with Crippen LogP contribution in [0.4, 0.5) is 22.0 Å². The number of halogens is 5. The van der Waals surface area contributed by atoms with E-state index in [0.717, 1.165) is 5.56 Å². The molecule has 0 heterocycles. The van der Waals surface area contributed by atoms with Gasteiger partial charge in [-0.1, -0.05) is 17.7 Å². The first-order valence-electron chi connectivity index (χ1n) is 4.17. The molecule has 1 nitrogen and oxygen atoms in total. The Kier molecular flexibility index (Phi) is 3.51. The Hall–Kier alpha value is -1.59. The molecule has 88 valence electrons. The number of rotatable bonds is 2. The molecule has 0 aromatic heterocycles. The van der Waals surface area contributed by atoms with Gasteiger partial charge in [-0.3, -0.25) is 0 Å². The second kappa shape index (κ2) is 4.51. The van der Waals surface area contributed by atoms with E-state index in [9.17, 15) is 22.0 Å². The van der Waals surface area contributed by atoms with Crippen LogP contribution in [0.2, 0.25) is 0 Å². The van der Waals surface area contributed by atoms with E-state index in [-0.39, 0.29) is 5.75 Å². The van der Waals surface area contributed by atoms with Crippen molar-refractivity contribution in [3.8, 4) is 5.75 Å². The third-order valence-corrected chi connectivity index (χ3v) is 1.65. The lowest BCUT2D eigenvalue weighted by molar-refractivity contribution is -0.114. The van der Waals surface area contributed by atoms with Crippen molar-refractivity contribution in [2.24, 2.45) is 0 Å². The van der Waals surface area contributed by atoms with Crippen LogP contribution in [-0.2, 0) is 0 Å². The quantitative estimate of drug-likeness (QED) is 0.558. The van der Waals surface area contributed by atoms with E-state index in [1.807, 2.05) is 0 Å². The van der Waals surface area contributed by atoms with Crippen LogP contribution in [0.25, 0.3) is 0 Å². The minimum absolute atomic E-state index is 0.206. The highest BCUT2D eigenvalue weighted by molar-refractivity contribution is 5.27. The molecule has 0 atom stereocenters. The van der Waals surface area contributed by atoms with Crippen LogP contribution in [0, 0.1) is 6.92 Å². The molecule has 1 aromatic carbocycles. The summed E-state index contributed by atoms with van der Waals surface area (Å²) in [4.78, 5) is 0. The second-order valence-corrected chi connectivity index (χ2v) is 3.00. The smallest absolute Gasteiger partial charge is 0.430 e. The Bertz CT molecular complexity index is 391. The van der Waals surface area contributed by atoms with E-state index in [0.29, 0.717) is 0 Å². The fourth-order valence-corrected chi connectivity index (χ4v) is 0.866. The zero-order valence-electron chi connectivity index (χ0n) is 8.11. The summed E-state index contributed by atoms with van der Waals surface area (Å²) >= 11 is 0. The molecule has 0 spiro atoms. The Morgan fingerprint density at radius 2 is 1.56 bits per heavy atom. The van der Waals surface area contributed by atoms with E-state index >= 15 is 0 Å². The average Bonchev–Trinajstić information content (AvgIpc) is 2.19. The van der Waals surface area contributed by atoms with Gasteiger partial charge in [0.15, 0.2) is 0 Å². The lowest BCUT2D eigenvalue weighted by Gasteiger charge is -2.06. The normalized spacial score (nSPS) is 13.4. The maximum Gasteiger partial charge on any atom is 0.449 e. The summed E-state index contributed by atoms with van der Waals surface area (Å²) in [5, 5.41) is 0. The van der Waals surface area contributed by atoms with Gasteiger partial charge in [-0.15, -0.1) is 0 Å². The van der Waals surface area contributed by atoms with Crippen LogP contribution in [0.3, 0.4) is 0 Å². The third-order valence-electron chi connectivity index (χ3n) is 1.65. The molecule has 0 saturated carbocycles. The lowest BCUT2D eigenvalue weighted by atomic mass is 10.2. The molecule has 0 N–H and O–H groups in total. The Labute approximate surface area is 88.1 Å². The number of aryl methyl sites for hydroxylation is 1. The first-order chi connectivity index (χ1) is 7.30. The van der Waals surface area contributed by atoms with Gasteiger partial charge in [0, 0.05) is 0 Å². The van der Waals surface area contributed by atoms with Crippen molar-refractivity contribution in [2.75, 3.05) is 0 Å². The van der Waals surface area contributed by atoms with Crippen molar-refractivity contribution in [2.45, 2.75) is 13.1 Å². The minimum Gasteiger partial charge on any atom is -0.430 e. The van der Waals surface area contributed by atoms with Crippen LogP contribution in [-0.4, -0.2) is 6.18 Å². The minimum atomic E-state index is -5.38. The highest BCUT2D eigenvalue weighted by Gasteiger charge is 2.39. The standard InChI is InChI=1S/C10H7F5O/c1-6-2-4-7(5-3-6)16-9(12)8(11)10(13,14)15/h2-5H,1H3/b9-8-. The first-order valence-corrected chi connectivity index (χ1v) is 4.17. The van der Waals surface area contributed by atoms with Crippen molar-refractivity contribution < 1.29 is 26.7 Å². The Morgan fingerprint density at radius 3 is 2.00 bits per heavy atom. The van der Waals surface area contributed by atoms with Gasteiger partial charge < -0.3 is 4.74 Å². The van der Waals surface area contributed by atoms with Gasteiger partial charge in [-0.2, -0.15) is 22.0 Å². The summed E-state index contributed by atoms with van der Waals surface area (Å²) in [6, 6.07) is 3.16. The fraction of sp³-hybridized carbons (Fsp3) is 0.200. The molecule has 1 rings (SSSR count). The zero-order valence-corrected chi connectivity index (χ0v) is 8.11. The van der Waals surface area contributed by atoms with Gasteiger partial charge in [0.05, 0.1) is 0 Å². The fourth-order valence-electron chi connectivity index (χ4n) is 0.866. The van der Waals surface area contributed by atoms with Gasteiger partial charge in [0.1, 0.15) is 5.75 Å². The lowest BCUT2D eigenvalue weighted by Crippen LogP contribution is -2.11. The van der Waals surface area contributed by atoms with E-state index in [4.69, 9.17) is 0 Å². The topological polar surface area (TPSA) is 9.23 Å². The van der Waals surface area contributed by atoms with Crippen molar-refractivity contribution in [1.82, 2.24) is 0 Å². The molecule has 0 fully saturated rings. The van der Waals surface area contributed by atoms with Gasteiger partial charge in [0.25, 0.3) is 5.83 Å². The van der Waals surface area contributed by atoms with E-state index in [1.54, 1.807) is 6.92 Å². The summed E-state index contributed by atoms with van der Waals surface area (Å²) in [5.74, 6) is -3.09. The summed E-state index contributed by atoms with van der Waals surface area (Å²) in [7, 11) is 0. The van der Waals surface area contributed by atoms with Crippen LogP contribution in [0.1, 0.15) is 5.56 Å². The Morgan fingerprint density at radius 1 is 1.06 bits per heavy atom.